The van der Waals surface area contributed by atoms with E-state index < -0.39 is 5.97 Å². The fourth-order valence-corrected chi connectivity index (χ4v) is 2.15. The summed E-state index contributed by atoms with van der Waals surface area (Å²) in [5.41, 5.74) is 2.28. The van der Waals surface area contributed by atoms with Gasteiger partial charge >= 0.3 is 5.97 Å². The molecule has 0 saturated heterocycles. The van der Waals surface area contributed by atoms with Gasteiger partial charge in [0.15, 0.2) is 0 Å². The summed E-state index contributed by atoms with van der Waals surface area (Å²) in [6.45, 7) is 5.87. The third kappa shape index (κ3) is 3.75. The molecule has 0 aliphatic carbocycles. The van der Waals surface area contributed by atoms with Crippen molar-refractivity contribution in [3.05, 3.63) is 41.7 Å². The summed E-state index contributed by atoms with van der Waals surface area (Å²) in [6, 6.07) is 8.53. The molecule has 2 N–H and O–H groups in total. The summed E-state index contributed by atoms with van der Waals surface area (Å²) in [7, 11) is 0. The van der Waals surface area contributed by atoms with Crippen LogP contribution in [0.25, 0.3) is 11.3 Å². The molecule has 0 saturated carbocycles. The highest BCUT2D eigenvalue weighted by molar-refractivity contribution is 5.95. The predicted molar refractivity (Wildman–Crippen MR) is 83.9 cm³/mol. The molecule has 1 aromatic heterocycles. The molecule has 0 aliphatic heterocycles. The van der Waals surface area contributed by atoms with Crippen LogP contribution in [0.5, 0.6) is 0 Å². The molecular formula is C17H19NO4. The molecule has 22 heavy (non-hydrogen) atoms. The topological polar surface area (TPSA) is 79.5 Å². The Kier molecular flexibility index (Phi) is 4.65. The zero-order valence-corrected chi connectivity index (χ0v) is 12.8. The first-order chi connectivity index (χ1) is 10.4. The summed E-state index contributed by atoms with van der Waals surface area (Å²) in [4.78, 5) is 22.9. The fourth-order valence-electron chi connectivity index (χ4n) is 2.15. The molecule has 0 fully saturated rings. The highest BCUT2D eigenvalue weighted by Crippen LogP contribution is 2.31. The van der Waals surface area contributed by atoms with Crippen molar-refractivity contribution in [3.63, 3.8) is 0 Å². The number of hydrogen-bond donors (Lipinski definition) is 2. The minimum Gasteiger partial charge on any atom is -0.475 e. The smallest absolute Gasteiger partial charge is 0.371 e. The average molecular weight is 301 g/mol. The van der Waals surface area contributed by atoms with Gasteiger partial charge in [-0.1, -0.05) is 19.9 Å². The summed E-state index contributed by atoms with van der Waals surface area (Å²) in [5.74, 6) is -0.654. The highest BCUT2D eigenvalue weighted by atomic mass is 16.4. The molecule has 5 nitrogen and oxygen atoms in total. The van der Waals surface area contributed by atoms with Crippen molar-refractivity contribution in [3.8, 4) is 11.3 Å². The maximum Gasteiger partial charge on any atom is 0.371 e. The monoisotopic (exact) mass is 301 g/mol. The Morgan fingerprint density at radius 1 is 1.23 bits per heavy atom. The van der Waals surface area contributed by atoms with Crippen molar-refractivity contribution in [2.45, 2.75) is 27.2 Å². The zero-order chi connectivity index (χ0) is 16.3. The second-order valence-corrected chi connectivity index (χ2v) is 5.66. The first-order valence-corrected chi connectivity index (χ1v) is 7.11. The molecule has 5 heteroatoms. The van der Waals surface area contributed by atoms with Crippen molar-refractivity contribution in [2.75, 3.05) is 5.32 Å². The van der Waals surface area contributed by atoms with E-state index in [1.54, 1.807) is 6.07 Å². The SMILES string of the molecule is Cc1ccc(-c2ccc(C(=O)O)o2)c(NC(=O)CC(C)C)c1. The van der Waals surface area contributed by atoms with Crippen LogP contribution in [0.3, 0.4) is 0 Å². The number of carbonyl (C=O) groups excluding carboxylic acids is 1. The van der Waals surface area contributed by atoms with Gasteiger partial charge in [0, 0.05) is 12.0 Å². The van der Waals surface area contributed by atoms with Gasteiger partial charge in [0.2, 0.25) is 11.7 Å². The van der Waals surface area contributed by atoms with Crippen molar-refractivity contribution in [1.29, 1.82) is 0 Å². The number of carboxylic acid groups (broad SMARTS) is 1. The predicted octanol–water partition coefficient (Wildman–Crippen LogP) is 3.94. The number of aromatic carboxylic acids is 1. The van der Waals surface area contributed by atoms with E-state index in [1.807, 2.05) is 39.0 Å². The lowest BCUT2D eigenvalue weighted by Crippen LogP contribution is -2.14. The number of nitrogens with one attached hydrogen (secondary N) is 1. The molecule has 0 aliphatic rings. The number of aryl methyl sites for hydroxylation is 1. The first-order valence-electron chi connectivity index (χ1n) is 7.11. The van der Waals surface area contributed by atoms with Gasteiger partial charge in [-0.2, -0.15) is 0 Å². The molecule has 1 aromatic carbocycles. The minimum absolute atomic E-state index is 0.0770. The fraction of sp³-hybridized carbons (Fsp3) is 0.294. The Morgan fingerprint density at radius 3 is 2.55 bits per heavy atom. The molecule has 0 radical (unpaired) electrons. The average Bonchev–Trinajstić information content (AvgIpc) is 2.87. The third-order valence-electron chi connectivity index (χ3n) is 3.13. The number of anilines is 1. The summed E-state index contributed by atoms with van der Waals surface area (Å²) in [6.07, 6.45) is 0.423. The minimum atomic E-state index is -1.12. The standard InChI is InChI=1S/C17H19NO4/c1-10(2)8-16(19)18-13-9-11(3)4-5-12(13)14-6-7-15(22-14)17(20)21/h4-7,9-10H,8H2,1-3H3,(H,18,19)(H,20,21). The van der Waals surface area contributed by atoms with Crippen molar-refractivity contribution in [1.82, 2.24) is 0 Å². The van der Waals surface area contributed by atoms with Gasteiger partial charge in [-0.3, -0.25) is 4.79 Å². The van der Waals surface area contributed by atoms with Crippen LogP contribution in [0.15, 0.2) is 34.7 Å². The van der Waals surface area contributed by atoms with Gasteiger partial charge in [-0.05, 0) is 42.7 Å². The molecule has 2 rings (SSSR count). The van der Waals surface area contributed by atoms with E-state index in [0.29, 0.717) is 23.4 Å². The maximum atomic E-state index is 12.0. The van der Waals surface area contributed by atoms with Crippen LogP contribution in [-0.4, -0.2) is 17.0 Å². The number of amides is 1. The van der Waals surface area contributed by atoms with Gasteiger partial charge < -0.3 is 14.8 Å². The lowest BCUT2D eigenvalue weighted by atomic mass is 10.1. The number of rotatable bonds is 5. The normalized spacial score (nSPS) is 10.7. The van der Waals surface area contributed by atoms with Crippen molar-refractivity contribution >= 4 is 17.6 Å². The molecule has 116 valence electrons. The van der Waals surface area contributed by atoms with E-state index in [0.717, 1.165) is 5.56 Å². The van der Waals surface area contributed by atoms with Gasteiger partial charge in [0.1, 0.15) is 5.76 Å². The maximum absolute atomic E-state index is 12.0. The Hall–Kier alpha value is -2.56. The highest BCUT2D eigenvalue weighted by Gasteiger charge is 2.15. The quantitative estimate of drug-likeness (QED) is 0.876. The van der Waals surface area contributed by atoms with E-state index in [2.05, 4.69) is 5.32 Å². The molecule has 1 amide bonds. The molecule has 0 spiro atoms. The van der Waals surface area contributed by atoms with Crippen LogP contribution < -0.4 is 5.32 Å². The number of carboxylic acids is 1. The summed E-state index contributed by atoms with van der Waals surface area (Å²) < 4.78 is 5.32. The van der Waals surface area contributed by atoms with Gasteiger partial charge in [-0.25, -0.2) is 4.79 Å². The second-order valence-electron chi connectivity index (χ2n) is 5.66. The number of furan rings is 1. The summed E-state index contributed by atoms with van der Waals surface area (Å²) >= 11 is 0. The van der Waals surface area contributed by atoms with Gasteiger partial charge in [0.05, 0.1) is 5.69 Å². The lowest BCUT2D eigenvalue weighted by Gasteiger charge is -2.11. The van der Waals surface area contributed by atoms with E-state index in [9.17, 15) is 9.59 Å². The third-order valence-corrected chi connectivity index (χ3v) is 3.13. The lowest BCUT2D eigenvalue weighted by molar-refractivity contribution is -0.116. The van der Waals surface area contributed by atoms with E-state index in [1.165, 1.54) is 6.07 Å². The van der Waals surface area contributed by atoms with Gasteiger partial charge in [0.25, 0.3) is 0 Å². The molecule has 0 unspecified atom stereocenters. The second kappa shape index (κ2) is 6.47. The van der Waals surface area contributed by atoms with Gasteiger partial charge in [-0.15, -0.1) is 0 Å². The Bertz CT molecular complexity index is 700. The number of benzene rings is 1. The van der Waals surface area contributed by atoms with Crippen LogP contribution in [-0.2, 0) is 4.79 Å². The van der Waals surface area contributed by atoms with E-state index in [-0.39, 0.29) is 17.6 Å². The molecular weight excluding hydrogens is 282 g/mol. The van der Waals surface area contributed by atoms with E-state index >= 15 is 0 Å². The summed E-state index contributed by atoms with van der Waals surface area (Å²) in [5, 5.41) is 11.8. The molecule has 0 bridgehead atoms. The molecule has 1 heterocycles. The number of carbonyl (C=O) groups is 2. The first kappa shape index (κ1) is 15.8. The number of hydrogen-bond acceptors (Lipinski definition) is 3. The van der Waals surface area contributed by atoms with Crippen LogP contribution in [0.4, 0.5) is 5.69 Å². The van der Waals surface area contributed by atoms with Crippen LogP contribution in [0.2, 0.25) is 0 Å². The largest absolute Gasteiger partial charge is 0.475 e. The van der Waals surface area contributed by atoms with Crippen molar-refractivity contribution in [2.24, 2.45) is 5.92 Å². The zero-order valence-electron chi connectivity index (χ0n) is 12.8. The van der Waals surface area contributed by atoms with E-state index in [4.69, 9.17) is 9.52 Å². The Morgan fingerprint density at radius 2 is 1.95 bits per heavy atom. The Balaban J connectivity index is 2.34. The van der Waals surface area contributed by atoms with Crippen molar-refractivity contribution < 1.29 is 19.1 Å². The molecule has 0 atom stereocenters. The van der Waals surface area contributed by atoms with Crippen LogP contribution in [0.1, 0.15) is 36.4 Å². The molecule has 2 aromatic rings. The Labute approximate surface area is 129 Å². The van der Waals surface area contributed by atoms with Crippen LogP contribution in [0, 0.1) is 12.8 Å². The van der Waals surface area contributed by atoms with Crippen LogP contribution >= 0.6 is 0 Å².